The lowest BCUT2D eigenvalue weighted by Gasteiger charge is -2.22. The lowest BCUT2D eigenvalue weighted by atomic mass is 9.85. The smallest absolute Gasteiger partial charge is 0.175 e. The summed E-state index contributed by atoms with van der Waals surface area (Å²) in [5.74, 6) is 0.180. The first-order chi connectivity index (χ1) is 7.03. The molecule has 0 aliphatic rings. The van der Waals surface area contributed by atoms with Gasteiger partial charge < -0.3 is 5.11 Å². The monoisotopic (exact) mass is 242 g/mol. The summed E-state index contributed by atoms with van der Waals surface area (Å²) in [6, 6.07) is 3.05. The third kappa shape index (κ3) is 2.55. The summed E-state index contributed by atoms with van der Waals surface area (Å²) in [6.07, 6.45) is 1.17. The molecule has 1 aromatic rings. The van der Waals surface area contributed by atoms with Crippen LogP contribution in [0.15, 0.2) is 17.0 Å². The molecule has 0 saturated carbocycles. The Bertz CT molecular complexity index is 508. The van der Waals surface area contributed by atoms with Crippen LogP contribution < -0.4 is 0 Å². The maximum atomic E-state index is 11.5. The van der Waals surface area contributed by atoms with Gasteiger partial charge in [-0.05, 0) is 30.0 Å². The summed E-state index contributed by atoms with van der Waals surface area (Å²) in [4.78, 5) is 0.257. The van der Waals surface area contributed by atoms with Gasteiger partial charge in [0.15, 0.2) is 9.84 Å². The molecule has 90 valence electrons. The number of rotatable bonds is 1. The quantitative estimate of drug-likeness (QED) is 0.822. The molecule has 0 unspecified atom stereocenters. The first-order valence-electron chi connectivity index (χ1n) is 5.07. The van der Waals surface area contributed by atoms with Gasteiger partial charge in [-0.2, -0.15) is 0 Å². The summed E-state index contributed by atoms with van der Waals surface area (Å²) >= 11 is 0. The number of hydrogen-bond donors (Lipinski definition) is 1. The van der Waals surface area contributed by atoms with Crippen molar-refractivity contribution in [3.63, 3.8) is 0 Å². The Morgan fingerprint density at radius 2 is 1.69 bits per heavy atom. The van der Waals surface area contributed by atoms with E-state index in [1.807, 2.05) is 20.8 Å². The second kappa shape index (κ2) is 3.77. The normalized spacial score (nSPS) is 12.8. The Labute approximate surface area is 97.0 Å². The fourth-order valence-corrected chi connectivity index (χ4v) is 2.26. The molecule has 0 fully saturated rings. The molecule has 0 heterocycles. The van der Waals surface area contributed by atoms with Gasteiger partial charge in [-0.15, -0.1) is 0 Å². The third-order valence-corrected chi connectivity index (χ3v) is 3.60. The van der Waals surface area contributed by atoms with Crippen molar-refractivity contribution in [2.75, 3.05) is 6.26 Å². The number of phenolic OH excluding ortho intramolecular Hbond substituents is 1. The van der Waals surface area contributed by atoms with Crippen LogP contribution in [0.1, 0.15) is 31.9 Å². The lowest BCUT2D eigenvalue weighted by Crippen LogP contribution is -2.13. The Morgan fingerprint density at radius 1 is 1.19 bits per heavy atom. The number of aromatic hydroxyl groups is 1. The van der Waals surface area contributed by atoms with Gasteiger partial charge in [0, 0.05) is 11.8 Å². The van der Waals surface area contributed by atoms with E-state index in [1.54, 1.807) is 13.0 Å². The number of phenols is 1. The second-order valence-electron chi connectivity index (χ2n) is 5.16. The molecule has 0 amide bonds. The summed E-state index contributed by atoms with van der Waals surface area (Å²) < 4.78 is 23.0. The van der Waals surface area contributed by atoms with E-state index in [2.05, 4.69) is 0 Å². The van der Waals surface area contributed by atoms with Gasteiger partial charge in [0.2, 0.25) is 0 Å². The minimum atomic E-state index is -3.24. The van der Waals surface area contributed by atoms with Crippen molar-refractivity contribution in [2.24, 2.45) is 0 Å². The molecular weight excluding hydrogens is 224 g/mol. The maximum Gasteiger partial charge on any atom is 0.175 e. The van der Waals surface area contributed by atoms with Crippen molar-refractivity contribution in [2.45, 2.75) is 38.0 Å². The van der Waals surface area contributed by atoms with E-state index in [4.69, 9.17) is 0 Å². The standard InChI is InChI=1S/C12H18O3S/c1-8-6-9(16(5,14)15)7-10(11(8)13)12(2,3)4/h6-7,13H,1-5H3. The number of sulfone groups is 1. The van der Waals surface area contributed by atoms with E-state index in [0.29, 0.717) is 11.1 Å². The van der Waals surface area contributed by atoms with Crippen LogP contribution in [-0.2, 0) is 15.3 Å². The van der Waals surface area contributed by atoms with Crippen molar-refractivity contribution in [3.05, 3.63) is 23.3 Å². The van der Waals surface area contributed by atoms with Crippen molar-refractivity contribution < 1.29 is 13.5 Å². The topological polar surface area (TPSA) is 54.4 Å². The van der Waals surface area contributed by atoms with Crippen LogP contribution in [0.25, 0.3) is 0 Å². The number of benzene rings is 1. The van der Waals surface area contributed by atoms with Crippen LogP contribution in [0.2, 0.25) is 0 Å². The maximum absolute atomic E-state index is 11.5. The van der Waals surface area contributed by atoms with E-state index in [9.17, 15) is 13.5 Å². The van der Waals surface area contributed by atoms with Crippen molar-refractivity contribution in [1.82, 2.24) is 0 Å². The molecule has 0 aliphatic carbocycles. The zero-order valence-corrected chi connectivity index (χ0v) is 11.1. The molecule has 0 spiro atoms. The molecule has 0 radical (unpaired) electrons. The largest absolute Gasteiger partial charge is 0.507 e. The van der Waals surface area contributed by atoms with Crippen molar-refractivity contribution in [1.29, 1.82) is 0 Å². The highest BCUT2D eigenvalue weighted by molar-refractivity contribution is 7.90. The minimum absolute atomic E-state index is 0.180. The molecule has 0 bridgehead atoms. The molecule has 4 heteroatoms. The van der Waals surface area contributed by atoms with Gasteiger partial charge in [0.1, 0.15) is 5.75 Å². The average molecular weight is 242 g/mol. The Morgan fingerprint density at radius 3 is 2.06 bits per heavy atom. The highest BCUT2D eigenvalue weighted by Crippen LogP contribution is 2.35. The van der Waals surface area contributed by atoms with E-state index >= 15 is 0 Å². The third-order valence-electron chi connectivity index (χ3n) is 2.51. The van der Waals surface area contributed by atoms with Crippen molar-refractivity contribution in [3.8, 4) is 5.75 Å². The fraction of sp³-hybridized carbons (Fsp3) is 0.500. The van der Waals surface area contributed by atoms with Crippen LogP contribution in [0, 0.1) is 6.92 Å². The molecule has 16 heavy (non-hydrogen) atoms. The molecule has 3 nitrogen and oxygen atoms in total. The molecule has 0 aliphatic heterocycles. The fourth-order valence-electron chi connectivity index (χ4n) is 1.53. The molecule has 1 rings (SSSR count). The first-order valence-corrected chi connectivity index (χ1v) is 6.97. The summed E-state index contributed by atoms with van der Waals surface area (Å²) in [5, 5.41) is 9.93. The summed E-state index contributed by atoms with van der Waals surface area (Å²) in [7, 11) is -3.24. The lowest BCUT2D eigenvalue weighted by molar-refractivity contribution is 0.441. The van der Waals surface area contributed by atoms with E-state index < -0.39 is 9.84 Å². The number of aryl methyl sites for hydroxylation is 1. The zero-order chi connectivity index (χ0) is 12.7. The van der Waals surface area contributed by atoms with Crippen molar-refractivity contribution >= 4 is 9.84 Å². The minimum Gasteiger partial charge on any atom is -0.507 e. The predicted octanol–water partition coefficient (Wildman–Crippen LogP) is 2.40. The SMILES string of the molecule is Cc1cc(S(C)(=O)=O)cc(C(C)(C)C)c1O. The van der Waals surface area contributed by atoms with Crippen LogP contribution in [0.4, 0.5) is 0 Å². The van der Waals surface area contributed by atoms with E-state index in [-0.39, 0.29) is 16.1 Å². The molecule has 0 atom stereocenters. The van der Waals surface area contributed by atoms with Gasteiger partial charge in [-0.3, -0.25) is 0 Å². The highest BCUT2D eigenvalue weighted by atomic mass is 32.2. The van der Waals surface area contributed by atoms with Gasteiger partial charge in [-0.25, -0.2) is 8.42 Å². The van der Waals surface area contributed by atoms with Gasteiger partial charge >= 0.3 is 0 Å². The molecule has 1 aromatic carbocycles. The van der Waals surface area contributed by atoms with Crippen LogP contribution in [0.3, 0.4) is 0 Å². The first kappa shape index (κ1) is 13.0. The van der Waals surface area contributed by atoms with Crippen LogP contribution >= 0.6 is 0 Å². The molecule has 1 N–H and O–H groups in total. The van der Waals surface area contributed by atoms with E-state index in [1.165, 1.54) is 12.3 Å². The molecule has 0 aromatic heterocycles. The van der Waals surface area contributed by atoms with E-state index in [0.717, 1.165) is 0 Å². The Kier molecular flexibility index (Phi) is 3.07. The second-order valence-corrected chi connectivity index (χ2v) is 7.17. The zero-order valence-electron chi connectivity index (χ0n) is 10.3. The predicted molar refractivity (Wildman–Crippen MR) is 64.7 cm³/mol. The number of hydrogen-bond acceptors (Lipinski definition) is 3. The van der Waals surface area contributed by atoms with Gasteiger partial charge in [-0.1, -0.05) is 20.8 Å². The summed E-state index contributed by atoms with van der Waals surface area (Å²) in [5.41, 5.74) is 0.969. The van der Waals surface area contributed by atoms with Crippen LogP contribution in [0.5, 0.6) is 5.75 Å². The molecule has 0 saturated heterocycles. The van der Waals surface area contributed by atoms with Crippen LogP contribution in [-0.4, -0.2) is 19.8 Å². The Hall–Kier alpha value is -1.03. The van der Waals surface area contributed by atoms with Gasteiger partial charge in [0.25, 0.3) is 0 Å². The highest BCUT2D eigenvalue weighted by Gasteiger charge is 2.22. The summed E-state index contributed by atoms with van der Waals surface area (Å²) in [6.45, 7) is 7.52. The van der Waals surface area contributed by atoms with Gasteiger partial charge in [0.05, 0.1) is 4.90 Å². The average Bonchev–Trinajstić information content (AvgIpc) is 2.05. The Balaban J connectivity index is 3.59. The molecular formula is C12H18O3S.